The first kappa shape index (κ1) is 28.0. The van der Waals surface area contributed by atoms with Crippen LogP contribution in [0.3, 0.4) is 0 Å². The van der Waals surface area contributed by atoms with E-state index < -0.39 is 28.5 Å². The molecule has 186 valence electrons. The van der Waals surface area contributed by atoms with Crippen LogP contribution in [0, 0.1) is 13.8 Å². The summed E-state index contributed by atoms with van der Waals surface area (Å²) in [5.41, 5.74) is 2.54. The Kier molecular flexibility index (Phi) is 9.79. The van der Waals surface area contributed by atoms with Crippen LogP contribution in [0.25, 0.3) is 0 Å². The summed E-state index contributed by atoms with van der Waals surface area (Å²) in [4.78, 5) is 27.8. The van der Waals surface area contributed by atoms with Crippen molar-refractivity contribution in [1.29, 1.82) is 0 Å². The van der Waals surface area contributed by atoms with Crippen molar-refractivity contribution in [2.45, 2.75) is 46.7 Å². The highest BCUT2D eigenvalue weighted by atomic mass is 35.5. The molecule has 0 bridgehead atoms. The number of carbonyl (C=O) groups excluding carboxylic acids is 2. The van der Waals surface area contributed by atoms with Crippen LogP contribution in [0.2, 0.25) is 10.0 Å². The Bertz CT molecular complexity index is 1130. The number of hydrogen-bond acceptors (Lipinski definition) is 4. The van der Waals surface area contributed by atoms with Crippen molar-refractivity contribution in [2.24, 2.45) is 0 Å². The maximum absolute atomic E-state index is 13.7. The molecule has 0 heterocycles. The topological polar surface area (TPSA) is 86.8 Å². The third-order valence-corrected chi connectivity index (χ3v) is 7.49. The number of anilines is 1. The highest BCUT2D eigenvalue weighted by Crippen LogP contribution is 2.28. The molecule has 1 unspecified atom stereocenters. The smallest absolute Gasteiger partial charge is 0.244 e. The van der Waals surface area contributed by atoms with Crippen LogP contribution < -0.4 is 9.62 Å². The molecule has 1 N–H and O–H groups in total. The van der Waals surface area contributed by atoms with Gasteiger partial charge in [-0.05, 0) is 56.5 Å². The molecule has 2 rings (SSSR count). The predicted octanol–water partition coefficient (Wildman–Crippen LogP) is 4.32. The summed E-state index contributed by atoms with van der Waals surface area (Å²) in [5, 5.41) is 3.45. The van der Waals surface area contributed by atoms with Crippen LogP contribution in [0.15, 0.2) is 36.4 Å². The molecular formula is C24H31Cl2N3O4S. The second kappa shape index (κ2) is 11.9. The quantitative estimate of drug-likeness (QED) is 0.498. The van der Waals surface area contributed by atoms with E-state index in [2.05, 4.69) is 5.32 Å². The molecule has 2 amide bonds. The normalized spacial score (nSPS) is 12.2. The minimum atomic E-state index is -3.80. The molecule has 0 aliphatic heterocycles. The molecule has 0 spiro atoms. The highest BCUT2D eigenvalue weighted by Gasteiger charge is 2.32. The van der Waals surface area contributed by atoms with Gasteiger partial charge in [-0.15, -0.1) is 0 Å². The number of carbonyl (C=O) groups is 2. The Balaban J connectivity index is 2.54. The van der Waals surface area contributed by atoms with Crippen molar-refractivity contribution in [3.8, 4) is 0 Å². The Labute approximate surface area is 212 Å². The number of likely N-dealkylation sites (N-methyl/N-ethyl adjacent to an activating group) is 1. The monoisotopic (exact) mass is 527 g/mol. The fourth-order valence-electron chi connectivity index (χ4n) is 3.67. The number of benzene rings is 2. The average molecular weight is 529 g/mol. The zero-order valence-corrected chi connectivity index (χ0v) is 22.4. The second-order valence-corrected chi connectivity index (χ2v) is 10.8. The third-order valence-electron chi connectivity index (χ3n) is 5.65. The largest absolute Gasteiger partial charge is 0.355 e. The van der Waals surface area contributed by atoms with Gasteiger partial charge in [-0.3, -0.25) is 13.9 Å². The zero-order chi connectivity index (χ0) is 25.6. The standard InChI is InChI=1S/C24H31Cl2N3O4S/c1-6-21(24(31)27-7-2)28(14-18-19(25)11-9-12-20(18)26)23(30)15-29(34(5,32)33)22-13-8-10-16(3)17(22)4/h8-13,21H,6-7,14-15H2,1-5H3,(H,27,31). The molecule has 0 saturated carbocycles. The molecule has 2 aromatic carbocycles. The number of nitrogens with one attached hydrogen (secondary N) is 1. The Morgan fingerprint density at radius 1 is 1.03 bits per heavy atom. The van der Waals surface area contributed by atoms with E-state index in [0.717, 1.165) is 21.7 Å². The number of amides is 2. The summed E-state index contributed by atoms with van der Waals surface area (Å²) in [6, 6.07) is 9.43. The molecule has 2 aromatic rings. The highest BCUT2D eigenvalue weighted by molar-refractivity contribution is 7.92. The lowest BCUT2D eigenvalue weighted by Gasteiger charge is -2.33. The summed E-state index contributed by atoms with van der Waals surface area (Å²) < 4.78 is 26.5. The summed E-state index contributed by atoms with van der Waals surface area (Å²) in [5.74, 6) is -0.875. The van der Waals surface area contributed by atoms with Gasteiger partial charge in [0, 0.05) is 28.7 Å². The summed E-state index contributed by atoms with van der Waals surface area (Å²) >= 11 is 12.7. The maximum Gasteiger partial charge on any atom is 0.244 e. The van der Waals surface area contributed by atoms with Crippen LogP contribution in [0.5, 0.6) is 0 Å². The van der Waals surface area contributed by atoms with E-state index in [9.17, 15) is 18.0 Å². The van der Waals surface area contributed by atoms with Crippen LogP contribution in [0.1, 0.15) is 37.0 Å². The van der Waals surface area contributed by atoms with Gasteiger partial charge in [0.25, 0.3) is 0 Å². The molecule has 1 atom stereocenters. The van der Waals surface area contributed by atoms with Gasteiger partial charge >= 0.3 is 0 Å². The number of nitrogens with zero attached hydrogens (tertiary/aromatic N) is 2. The van der Waals surface area contributed by atoms with Crippen molar-refractivity contribution in [1.82, 2.24) is 10.2 Å². The van der Waals surface area contributed by atoms with Crippen molar-refractivity contribution >= 4 is 50.7 Å². The lowest BCUT2D eigenvalue weighted by molar-refractivity contribution is -0.140. The minimum Gasteiger partial charge on any atom is -0.355 e. The van der Waals surface area contributed by atoms with E-state index in [1.54, 1.807) is 51.1 Å². The maximum atomic E-state index is 13.7. The molecule has 0 fully saturated rings. The van der Waals surface area contributed by atoms with Gasteiger partial charge in [0.1, 0.15) is 12.6 Å². The van der Waals surface area contributed by atoms with Crippen LogP contribution in [0.4, 0.5) is 5.69 Å². The van der Waals surface area contributed by atoms with Crippen molar-refractivity contribution in [2.75, 3.05) is 23.7 Å². The van der Waals surface area contributed by atoms with E-state index in [0.29, 0.717) is 34.3 Å². The number of sulfonamides is 1. The summed E-state index contributed by atoms with van der Waals surface area (Å²) in [6.07, 6.45) is 1.38. The first-order valence-electron chi connectivity index (χ1n) is 11.0. The first-order valence-corrected chi connectivity index (χ1v) is 13.6. The van der Waals surface area contributed by atoms with Crippen molar-refractivity contribution in [3.63, 3.8) is 0 Å². The van der Waals surface area contributed by atoms with E-state index in [1.165, 1.54) is 4.90 Å². The number of rotatable bonds is 10. The van der Waals surface area contributed by atoms with Gasteiger partial charge < -0.3 is 10.2 Å². The summed E-state index contributed by atoms with van der Waals surface area (Å²) in [7, 11) is -3.80. The van der Waals surface area contributed by atoms with Crippen LogP contribution >= 0.6 is 23.2 Å². The molecule has 0 radical (unpaired) electrons. The molecule has 0 aliphatic rings. The van der Waals surface area contributed by atoms with Crippen molar-refractivity contribution in [3.05, 3.63) is 63.1 Å². The van der Waals surface area contributed by atoms with Gasteiger partial charge in [-0.25, -0.2) is 8.42 Å². The Morgan fingerprint density at radius 2 is 1.62 bits per heavy atom. The number of aryl methyl sites for hydroxylation is 1. The van der Waals surface area contributed by atoms with Crippen LogP contribution in [-0.2, 0) is 26.2 Å². The Morgan fingerprint density at radius 3 is 2.15 bits per heavy atom. The molecule has 0 aromatic heterocycles. The fraction of sp³-hybridized carbons (Fsp3) is 0.417. The minimum absolute atomic E-state index is 0.0443. The van der Waals surface area contributed by atoms with Gasteiger partial charge in [-0.2, -0.15) is 0 Å². The van der Waals surface area contributed by atoms with Gasteiger partial charge in [-0.1, -0.05) is 48.3 Å². The lowest BCUT2D eigenvalue weighted by Crippen LogP contribution is -2.52. The Hall–Kier alpha value is -2.29. The van der Waals surface area contributed by atoms with Gasteiger partial charge in [0.05, 0.1) is 11.9 Å². The first-order chi connectivity index (χ1) is 15.9. The fourth-order valence-corrected chi connectivity index (χ4v) is 5.08. The SMILES string of the molecule is CCNC(=O)C(CC)N(Cc1c(Cl)cccc1Cl)C(=O)CN(c1cccc(C)c1C)S(C)(=O)=O. The van der Waals surface area contributed by atoms with E-state index in [-0.39, 0.29) is 12.5 Å². The lowest BCUT2D eigenvalue weighted by atomic mass is 10.1. The van der Waals surface area contributed by atoms with Gasteiger partial charge in [0.15, 0.2) is 0 Å². The second-order valence-electron chi connectivity index (χ2n) is 8.03. The van der Waals surface area contributed by atoms with Crippen LogP contribution in [-0.4, -0.2) is 50.5 Å². The number of hydrogen-bond donors (Lipinski definition) is 1. The molecule has 0 saturated heterocycles. The molecule has 34 heavy (non-hydrogen) atoms. The van der Waals surface area contributed by atoms with E-state index in [1.807, 2.05) is 13.0 Å². The van der Waals surface area contributed by atoms with E-state index >= 15 is 0 Å². The average Bonchev–Trinajstić information content (AvgIpc) is 2.75. The molecule has 10 heteroatoms. The summed E-state index contributed by atoms with van der Waals surface area (Å²) in [6.45, 7) is 7.12. The molecule has 7 nitrogen and oxygen atoms in total. The third kappa shape index (κ3) is 6.64. The van der Waals surface area contributed by atoms with E-state index in [4.69, 9.17) is 23.2 Å². The predicted molar refractivity (Wildman–Crippen MR) is 138 cm³/mol. The molecule has 0 aliphatic carbocycles. The zero-order valence-electron chi connectivity index (χ0n) is 20.1. The van der Waals surface area contributed by atoms with Crippen molar-refractivity contribution < 1.29 is 18.0 Å². The molecular weight excluding hydrogens is 497 g/mol. The number of halogens is 2. The van der Waals surface area contributed by atoms with Gasteiger partial charge in [0.2, 0.25) is 21.8 Å².